The minimum atomic E-state index is 0.0124. The van der Waals surface area contributed by atoms with E-state index in [9.17, 15) is 4.79 Å². The fraction of sp³-hybridized carbons (Fsp3) is 0.562. The molecule has 0 bridgehead atoms. The highest BCUT2D eigenvalue weighted by molar-refractivity contribution is 5.96. The van der Waals surface area contributed by atoms with Crippen LogP contribution in [0.3, 0.4) is 0 Å². The molecule has 0 N–H and O–H groups in total. The largest absolute Gasteiger partial charge is 0.337 e. The highest BCUT2D eigenvalue weighted by Crippen LogP contribution is 2.17. The number of carbonyl (C=O) groups is 1. The van der Waals surface area contributed by atoms with E-state index in [1.807, 2.05) is 50.3 Å². The third kappa shape index (κ3) is 2.91. The summed E-state index contributed by atoms with van der Waals surface area (Å²) in [6.45, 7) is 12.1. The van der Waals surface area contributed by atoms with Crippen LogP contribution in [0, 0.1) is 20.8 Å². The summed E-state index contributed by atoms with van der Waals surface area (Å²) in [7, 11) is 1.83. The normalized spacial score (nSPS) is 11.0. The molecule has 2 heterocycles. The van der Waals surface area contributed by atoms with Crippen LogP contribution in [0.2, 0.25) is 0 Å². The molecule has 1 amide bonds. The minimum Gasteiger partial charge on any atom is -0.337 e. The molecule has 0 atom stereocenters. The molecule has 0 aliphatic heterocycles. The first-order valence-electron chi connectivity index (χ1n) is 7.71. The average Bonchev–Trinajstić information content (AvgIpc) is 2.98. The third-order valence-corrected chi connectivity index (χ3v) is 4.02. The molecule has 2 aromatic rings. The third-order valence-electron chi connectivity index (χ3n) is 4.02. The van der Waals surface area contributed by atoms with Gasteiger partial charge in [0.05, 0.1) is 17.0 Å². The van der Waals surface area contributed by atoms with Crippen molar-refractivity contribution < 1.29 is 4.79 Å². The fourth-order valence-electron chi connectivity index (χ4n) is 2.71. The Hall–Kier alpha value is -2.11. The van der Waals surface area contributed by atoms with Crippen molar-refractivity contribution in [1.82, 2.24) is 24.5 Å². The molecule has 22 heavy (non-hydrogen) atoms. The van der Waals surface area contributed by atoms with Gasteiger partial charge in [0.1, 0.15) is 0 Å². The summed E-state index contributed by atoms with van der Waals surface area (Å²) in [6, 6.07) is 0. The molecule has 0 aliphatic rings. The summed E-state index contributed by atoms with van der Waals surface area (Å²) in [5.41, 5.74) is 4.48. The van der Waals surface area contributed by atoms with E-state index in [4.69, 9.17) is 0 Å². The van der Waals surface area contributed by atoms with Crippen LogP contribution in [-0.2, 0) is 19.6 Å². The van der Waals surface area contributed by atoms with Crippen LogP contribution >= 0.6 is 0 Å². The van der Waals surface area contributed by atoms with Crippen LogP contribution < -0.4 is 0 Å². The predicted octanol–water partition coefficient (Wildman–Crippen LogP) is 2.32. The Kier molecular flexibility index (Phi) is 4.68. The predicted molar refractivity (Wildman–Crippen MR) is 85.8 cm³/mol. The number of carbonyl (C=O) groups excluding carboxylic acids is 1. The number of hydrogen-bond donors (Lipinski definition) is 0. The van der Waals surface area contributed by atoms with Crippen molar-refractivity contribution in [3.63, 3.8) is 0 Å². The van der Waals surface area contributed by atoms with Gasteiger partial charge in [-0.15, -0.1) is 0 Å². The van der Waals surface area contributed by atoms with Crippen molar-refractivity contribution in [2.24, 2.45) is 0 Å². The van der Waals surface area contributed by atoms with Crippen LogP contribution in [0.4, 0.5) is 0 Å². The maximum atomic E-state index is 12.8. The van der Waals surface area contributed by atoms with Crippen molar-refractivity contribution in [2.45, 2.75) is 54.3 Å². The van der Waals surface area contributed by atoms with Gasteiger partial charge >= 0.3 is 0 Å². The number of aryl methyl sites for hydroxylation is 4. The highest BCUT2D eigenvalue weighted by atomic mass is 16.2. The molecule has 0 fully saturated rings. The molecule has 6 heteroatoms. The van der Waals surface area contributed by atoms with Gasteiger partial charge in [0.2, 0.25) is 0 Å². The van der Waals surface area contributed by atoms with Gasteiger partial charge in [-0.3, -0.25) is 14.2 Å². The number of aromatic nitrogens is 4. The van der Waals surface area contributed by atoms with Crippen LogP contribution in [0.15, 0.2) is 6.20 Å². The van der Waals surface area contributed by atoms with Crippen molar-refractivity contribution in [3.05, 3.63) is 34.4 Å². The lowest BCUT2D eigenvalue weighted by Gasteiger charge is -2.17. The molecule has 0 saturated heterocycles. The molecule has 2 aromatic heterocycles. The van der Waals surface area contributed by atoms with Gasteiger partial charge in [0.15, 0.2) is 0 Å². The summed E-state index contributed by atoms with van der Waals surface area (Å²) >= 11 is 0. The van der Waals surface area contributed by atoms with E-state index in [-0.39, 0.29) is 5.91 Å². The van der Waals surface area contributed by atoms with Gasteiger partial charge < -0.3 is 4.90 Å². The van der Waals surface area contributed by atoms with Crippen molar-refractivity contribution in [1.29, 1.82) is 0 Å². The summed E-state index contributed by atoms with van der Waals surface area (Å²) in [6.07, 6.45) is 2.01. The number of nitrogens with zero attached hydrogens (tertiary/aromatic N) is 5. The molecule has 0 saturated carbocycles. The Morgan fingerprint density at radius 3 is 2.32 bits per heavy atom. The van der Waals surface area contributed by atoms with E-state index < -0.39 is 0 Å². The van der Waals surface area contributed by atoms with Crippen LogP contribution in [0.5, 0.6) is 0 Å². The second-order valence-electron chi connectivity index (χ2n) is 5.62. The van der Waals surface area contributed by atoms with Gasteiger partial charge in [-0.05, 0) is 34.6 Å². The van der Waals surface area contributed by atoms with Crippen molar-refractivity contribution >= 4 is 5.91 Å². The second kappa shape index (κ2) is 6.34. The van der Waals surface area contributed by atoms with E-state index in [1.54, 1.807) is 4.90 Å². The number of hydrogen-bond acceptors (Lipinski definition) is 3. The van der Waals surface area contributed by atoms with Gasteiger partial charge in [-0.2, -0.15) is 10.2 Å². The van der Waals surface area contributed by atoms with Gasteiger partial charge in [0.25, 0.3) is 5.91 Å². The molecule has 0 radical (unpaired) electrons. The Morgan fingerprint density at radius 2 is 1.82 bits per heavy atom. The Labute approximate surface area is 131 Å². The zero-order valence-electron chi connectivity index (χ0n) is 14.3. The Balaban J connectivity index is 2.22. The van der Waals surface area contributed by atoms with E-state index in [2.05, 4.69) is 17.1 Å². The zero-order valence-corrected chi connectivity index (χ0v) is 14.3. The first-order valence-corrected chi connectivity index (χ1v) is 7.71. The second-order valence-corrected chi connectivity index (χ2v) is 5.62. The molecule has 0 unspecified atom stereocenters. The molecular weight excluding hydrogens is 278 g/mol. The number of rotatable bonds is 5. The van der Waals surface area contributed by atoms with E-state index in [0.717, 1.165) is 35.7 Å². The highest BCUT2D eigenvalue weighted by Gasteiger charge is 2.22. The van der Waals surface area contributed by atoms with Crippen LogP contribution in [0.25, 0.3) is 0 Å². The van der Waals surface area contributed by atoms with E-state index >= 15 is 0 Å². The lowest BCUT2D eigenvalue weighted by Crippen LogP contribution is -2.27. The van der Waals surface area contributed by atoms with E-state index in [0.29, 0.717) is 12.1 Å². The first-order chi connectivity index (χ1) is 10.4. The SMILES string of the molecule is CCn1cc(CN(C)C(=O)c2c(C)nn(CC)c2C)c(C)n1. The van der Waals surface area contributed by atoms with Gasteiger partial charge in [-0.1, -0.05) is 0 Å². The molecule has 2 rings (SSSR count). The zero-order chi connectivity index (χ0) is 16.4. The first kappa shape index (κ1) is 16.3. The summed E-state index contributed by atoms with van der Waals surface area (Å²) in [4.78, 5) is 14.5. The summed E-state index contributed by atoms with van der Waals surface area (Å²) in [5.74, 6) is 0.0124. The molecule has 120 valence electrons. The fourth-order valence-corrected chi connectivity index (χ4v) is 2.71. The molecule has 0 spiro atoms. The van der Waals surface area contributed by atoms with Crippen LogP contribution in [0.1, 0.15) is 46.9 Å². The molecule has 6 nitrogen and oxygen atoms in total. The Bertz CT molecular complexity index is 683. The van der Waals surface area contributed by atoms with Crippen molar-refractivity contribution in [2.75, 3.05) is 7.05 Å². The summed E-state index contributed by atoms with van der Waals surface area (Å²) in [5, 5.41) is 8.86. The van der Waals surface area contributed by atoms with Gasteiger partial charge in [0, 0.05) is 44.1 Å². The lowest BCUT2D eigenvalue weighted by atomic mass is 10.1. The lowest BCUT2D eigenvalue weighted by molar-refractivity contribution is 0.0783. The quantitative estimate of drug-likeness (QED) is 0.852. The van der Waals surface area contributed by atoms with Crippen LogP contribution in [-0.4, -0.2) is 37.4 Å². The molecule has 0 aromatic carbocycles. The van der Waals surface area contributed by atoms with E-state index in [1.165, 1.54) is 0 Å². The maximum absolute atomic E-state index is 12.8. The molecular formula is C16H25N5O. The topological polar surface area (TPSA) is 56.0 Å². The van der Waals surface area contributed by atoms with Crippen molar-refractivity contribution in [3.8, 4) is 0 Å². The minimum absolute atomic E-state index is 0.0124. The Morgan fingerprint density at radius 1 is 1.14 bits per heavy atom. The summed E-state index contributed by atoms with van der Waals surface area (Å²) < 4.78 is 3.77. The average molecular weight is 303 g/mol. The smallest absolute Gasteiger partial charge is 0.257 e. The molecule has 0 aliphatic carbocycles. The number of amides is 1. The monoisotopic (exact) mass is 303 g/mol. The van der Waals surface area contributed by atoms with Gasteiger partial charge in [-0.25, -0.2) is 0 Å². The maximum Gasteiger partial charge on any atom is 0.257 e. The standard InChI is InChI=1S/C16H25N5O/c1-7-20-10-14(11(3)17-20)9-19(6)16(22)15-12(4)18-21(8-2)13(15)5/h10H,7-9H2,1-6H3.